The summed E-state index contributed by atoms with van der Waals surface area (Å²) in [5.74, 6) is 0.621. The van der Waals surface area contributed by atoms with Gasteiger partial charge in [-0.1, -0.05) is 0 Å². The second-order valence-electron chi connectivity index (χ2n) is 4.35. The van der Waals surface area contributed by atoms with Gasteiger partial charge in [0.15, 0.2) is 5.52 Å². The van der Waals surface area contributed by atoms with Crippen molar-refractivity contribution < 1.29 is 9.90 Å². The Morgan fingerprint density at radius 3 is 3.05 bits per heavy atom. The number of likely N-dealkylation sites (tertiary alicyclic amines) is 1. The highest BCUT2D eigenvalue weighted by molar-refractivity contribution is 14.1. The average Bonchev–Trinajstić information content (AvgIpc) is 2.95. The molecule has 3 rings (SSSR count). The predicted molar refractivity (Wildman–Crippen MR) is 73.3 cm³/mol. The third kappa shape index (κ3) is 1.97. The summed E-state index contributed by atoms with van der Waals surface area (Å²) in [6.45, 7) is 0.869. The Morgan fingerprint density at radius 1 is 1.58 bits per heavy atom. The molecule has 8 nitrogen and oxygen atoms in total. The molecule has 1 unspecified atom stereocenters. The molecule has 1 saturated heterocycles. The van der Waals surface area contributed by atoms with Crippen LogP contribution in [0.4, 0.5) is 4.79 Å². The van der Waals surface area contributed by atoms with Crippen molar-refractivity contribution in [3.8, 4) is 0 Å². The van der Waals surface area contributed by atoms with Crippen LogP contribution in [-0.4, -0.2) is 48.8 Å². The van der Waals surface area contributed by atoms with Crippen molar-refractivity contribution in [3.05, 3.63) is 26.2 Å². The summed E-state index contributed by atoms with van der Waals surface area (Å²) in [6.07, 6.45) is 1.08. The van der Waals surface area contributed by atoms with Gasteiger partial charge in [0.05, 0.1) is 0 Å². The van der Waals surface area contributed by atoms with Crippen LogP contribution in [0.3, 0.4) is 0 Å². The fourth-order valence-electron chi connectivity index (χ4n) is 2.33. The van der Waals surface area contributed by atoms with Gasteiger partial charge in [-0.3, -0.25) is 4.79 Å². The first-order valence-electron chi connectivity index (χ1n) is 5.67. The number of rotatable bonds is 1. The molecule has 3 heterocycles. The number of hydrogen-bond acceptors (Lipinski definition) is 4. The summed E-state index contributed by atoms with van der Waals surface area (Å²) >= 11 is 1.99. The lowest BCUT2D eigenvalue weighted by atomic mass is 10.1. The molecular weight excluding hydrogens is 365 g/mol. The van der Waals surface area contributed by atoms with Crippen molar-refractivity contribution in [1.82, 2.24) is 24.5 Å². The third-order valence-electron chi connectivity index (χ3n) is 3.24. The smallest absolute Gasteiger partial charge is 0.407 e. The average molecular weight is 375 g/mol. The highest BCUT2D eigenvalue weighted by atomic mass is 127. The summed E-state index contributed by atoms with van der Waals surface area (Å²) in [5, 5.41) is 13.1. The monoisotopic (exact) mass is 375 g/mol. The number of nitrogens with zero attached hydrogens (tertiary/aromatic N) is 4. The number of aromatic amines is 1. The Balaban J connectivity index is 2.05. The number of hydrogen-bond donors (Lipinski definition) is 2. The summed E-state index contributed by atoms with van der Waals surface area (Å²) < 4.78 is 2.09. The van der Waals surface area contributed by atoms with E-state index in [-0.39, 0.29) is 11.5 Å². The van der Waals surface area contributed by atoms with E-state index in [1.165, 1.54) is 15.7 Å². The minimum absolute atomic E-state index is 0.0265. The van der Waals surface area contributed by atoms with E-state index in [9.17, 15) is 9.59 Å². The van der Waals surface area contributed by atoms with Gasteiger partial charge in [-0.2, -0.15) is 5.10 Å². The fourth-order valence-corrected chi connectivity index (χ4v) is 3.05. The van der Waals surface area contributed by atoms with Crippen molar-refractivity contribution in [2.75, 3.05) is 13.1 Å². The first-order chi connectivity index (χ1) is 9.08. The standard InChI is InChI=1S/C10H10IN5O3/c11-7-6-9(17)12-4-13-16(6)8(14-7)5-1-2-15(3-5)10(18)19/h4-5H,1-3H2,(H,18,19)(H,12,13,17). The molecule has 1 fully saturated rings. The van der Waals surface area contributed by atoms with Crippen LogP contribution in [0.25, 0.3) is 5.52 Å². The van der Waals surface area contributed by atoms with Crippen LogP contribution < -0.4 is 5.56 Å². The van der Waals surface area contributed by atoms with Crippen molar-refractivity contribution in [3.63, 3.8) is 0 Å². The number of fused-ring (bicyclic) bond motifs is 1. The lowest BCUT2D eigenvalue weighted by Crippen LogP contribution is -2.26. The van der Waals surface area contributed by atoms with Gasteiger partial charge >= 0.3 is 6.09 Å². The molecule has 19 heavy (non-hydrogen) atoms. The molecular formula is C10H10IN5O3. The van der Waals surface area contributed by atoms with Crippen molar-refractivity contribution in [2.45, 2.75) is 12.3 Å². The van der Waals surface area contributed by atoms with Crippen LogP contribution in [-0.2, 0) is 0 Å². The van der Waals surface area contributed by atoms with E-state index in [1.807, 2.05) is 22.6 Å². The quantitative estimate of drug-likeness (QED) is 0.707. The van der Waals surface area contributed by atoms with E-state index in [2.05, 4.69) is 15.1 Å². The Bertz CT molecular complexity index is 709. The van der Waals surface area contributed by atoms with Crippen LogP contribution in [0.1, 0.15) is 18.2 Å². The van der Waals surface area contributed by atoms with Crippen molar-refractivity contribution >= 4 is 34.2 Å². The summed E-state index contributed by atoms with van der Waals surface area (Å²) in [6, 6.07) is 0. The molecule has 0 saturated carbocycles. The van der Waals surface area contributed by atoms with Crippen LogP contribution in [0, 0.1) is 3.70 Å². The lowest BCUT2D eigenvalue weighted by molar-refractivity contribution is 0.155. The van der Waals surface area contributed by atoms with Gasteiger partial charge in [0, 0.05) is 19.0 Å². The second-order valence-corrected chi connectivity index (χ2v) is 5.38. The predicted octanol–water partition coefficient (Wildman–Crippen LogP) is 0.490. The largest absolute Gasteiger partial charge is 0.465 e. The van der Waals surface area contributed by atoms with Crippen LogP contribution in [0.5, 0.6) is 0 Å². The SMILES string of the molecule is O=C(O)N1CCC(c2nc(I)c3c(=O)[nH]cnn23)C1. The molecule has 1 amide bonds. The Kier molecular flexibility index (Phi) is 2.92. The number of aromatic nitrogens is 4. The van der Waals surface area contributed by atoms with E-state index >= 15 is 0 Å². The Morgan fingerprint density at radius 2 is 2.37 bits per heavy atom. The highest BCUT2D eigenvalue weighted by Gasteiger charge is 2.31. The molecule has 1 aliphatic rings. The number of carbonyl (C=O) groups is 1. The summed E-state index contributed by atoms with van der Waals surface area (Å²) in [4.78, 5) is 30.9. The van der Waals surface area contributed by atoms with Crippen molar-refractivity contribution in [1.29, 1.82) is 0 Å². The number of H-pyrrole nitrogens is 1. The van der Waals surface area contributed by atoms with E-state index in [4.69, 9.17) is 5.11 Å². The van der Waals surface area contributed by atoms with Crippen LogP contribution in [0.2, 0.25) is 0 Å². The Labute approximate surface area is 120 Å². The number of carboxylic acid groups (broad SMARTS) is 1. The molecule has 0 radical (unpaired) electrons. The van der Waals surface area contributed by atoms with Gasteiger partial charge in [0.1, 0.15) is 15.9 Å². The number of nitrogens with one attached hydrogen (secondary N) is 1. The molecule has 100 valence electrons. The number of halogens is 1. The zero-order valence-electron chi connectivity index (χ0n) is 9.71. The Hall–Kier alpha value is -1.65. The minimum Gasteiger partial charge on any atom is -0.465 e. The molecule has 0 bridgehead atoms. The third-order valence-corrected chi connectivity index (χ3v) is 4.00. The second kappa shape index (κ2) is 4.47. The fraction of sp³-hybridized carbons (Fsp3) is 0.400. The minimum atomic E-state index is -0.927. The molecule has 2 aromatic rings. The van der Waals surface area contributed by atoms with E-state index < -0.39 is 6.09 Å². The first-order valence-corrected chi connectivity index (χ1v) is 6.75. The highest BCUT2D eigenvalue weighted by Crippen LogP contribution is 2.27. The molecule has 0 aromatic carbocycles. The lowest BCUT2D eigenvalue weighted by Gasteiger charge is -2.11. The topological polar surface area (TPSA) is 104 Å². The van der Waals surface area contributed by atoms with Gasteiger partial charge in [0.2, 0.25) is 0 Å². The summed E-state index contributed by atoms with van der Waals surface area (Å²) in [7, 11) is 0. The molecule has 0 spiro atoms. The molecule has 0 aliphatic carbocycles. The molecule has 1 aliphatic heterocycles. The van der Waals surface area contributed by atoms with Gasteiger partial charge < -0.3 is 15.0 Å². The van der Waals surface area contributed by atoms with E-state index in [0.29, 0.717) is 34.6 Å². The van der Waals surface area contributed by atoms with Crippen LogP contribution >= 0.6 is 22.6 Å². The maximum Gasteiger partial charge on any atom is 0.407 e. The number of amides is 1. The maximum atomic E-state index is 11.7. The first kappa shape index (κ1) is 12.4. The normalized spacial score (nSPS) is 19.2. The molecule has 1 atom stereocenters. The van der Waals surface area contributed by atoms with Gasteiger partial charge in [-0.25, -0.2) is 14.3 Å². The zero-order chi connectivity index (χ0) is 13.6. The summed E-state index contributed by atoms with van der Waals surface area (Å²) in [5.41, 5.74) is 0.165. The zero-order valence-corrected chi connectivity index (χ0v) is 11.9. The van der Waals surface area contributed by atoms with Gasteiger partial charge in [-0.15, -0.1) is 0 Å². The number of imidazole rings is 1. The van der Waals surface area contributed by atoms with Crippen LogP contribution in [0.15, 0.2) is 11.1 Å². The molecule has 9 heteroatoms. The molecule has 2 aromatic heterocycles. The molecule has 2 N–H and O–H groups in total. The van der Waals surface area contributed by atoms with E-state index in [1.54, 1.807) is 0 Å². The van der Waals surface area contributed by atoms with Crippen molar-refractivity contribution in [2.24, 2.45) is 0 Å². The van der Waals surface area contributed by atoms with Gasteiger partial charge in [0.25, 0.3) is 5.56 Å². The van der Waals surface area contributed by atoms with Gasteiger partial charge in [-0.05, 0) is 29.0 Å². The maximum absolute atomic E-state index is 11.7. The van der Waals surface area contributed by atoms with E-state index in [0.717, 1.165) is 0 Å².